The summed E-state index contributed by atoms with van der Waals surface area (Å²) in [6.07, 6.45) is 1.44. The van der Waals surface area contributed by atoms with Gasteiger partial charge in [0.15, 0.2) is 5.52 Å². The van der Waals surface area contributed by atoms with Gasteiger partial charge in [0, 0.05) is 32.6 Å². The van der Waals surface area contributed by atoms with Gasteiger partial charge in [0.2, 0.25) is 0 Å². The molecule has 186 valence electrons. The zero-order valence-electron chi connectivity index (χ0n) is 19.8. The molecule has 0 saturated heterocycles. The first-order chi connectivity index (χ1) is 18.4. The van der Waals surface area contributed by atoms with Crippen molar-refractivity contribution in [3.8, 4) is 28.8 Å². The summed E-state index contributed by atoms with van der Waals surface area (Å²) in [6, 6.07) is 23.9. The van der Waals surface area contributed by atoms with Gasteiger partial charge in [-0.25, -0.2) is 0 Å². The highest BCUT2D eigenvalue weighted by molar-refractivity contribution is 6.33. The van der Waals surface area contributed by atoms with Crippen LogP contribution < -0.4 is 15.9 Å². The van der Waals surface area contributed by atoms with Gasteiger partial charge in [-0.15, -0.1) is 0 Å². The van der Waals surface area contributed by atoms with E-state index in [4.69, 9.17) is 27.9 Å². The van der Waals surface area contributed by atoms with Crippen LogP contribution in [0.2, 0.25) is 10.0 Å². The maximum atomic E-state index is 13.9. The first-order valence-electron chi connectivity index (χ1n) is 11.2. The topological polar surface area (TPSA) is 102 Å². The Labute approximate surface area is 226 Å². The summed E-state index contributed by atoms with van der Waals surface area (Å²) in [5.74, 6) is 0.477. The van der Waals surface area contributed by atoms with E-state index in [-0.39, 0.29) is 22.2 Å². The number of ether oxygens (including phenoxy) is 1. The average Bonchev–Trinajstić information content (AvgIpc) is 2.93. The third kappa shape index (κ3) is 4.45. The van der Waals surface area contributed by atoms with Crippen LogP contribution in [0.5, 0.6) is 5.75 Å². The zero-order chi connectivity index (χ0) is 26.8. The number of halogens is 2. The van der Waals surface area contributed by atoms with Crippen LogP contribution in [0.1, 0.15) is 11.1 Å². The van der Waals surface area contributed by atoms with E-state index in [9.17, 15) is 14.9 Å². The molecule has 10 heteroatoms. The van der Waals surface area contributed by atoms with Gasteiger partial charge in [0.05, 0.1) is 24.7 Å². The number of rotatable bonds is 5. The van der Waals surface area contributed by atoms with Crippen LogP contribution in [0, 0.1) is 11.3 Å². The van der Waals surface area contributed by atoms with Crippen molar-refractivity contribution in [1.29, 1.82) is 5.26 Å². The Bertz CT molecular complexity index is 1900. The van der Waals surface area contributed by atoms with Crippen molar-refractivity contribution in [3.05, 3.63) is 121 Å². The van der Waals surface area contributed by atoms with Crippen molar-refractivity contribution >= 4 is 40.3 Å². The van der Waals surface area contributed by atoms with Crippen LogP contribution in [0.15, 0.2) is 93.6 Å². The number of benzene rings is 3. The van der Waals surface area contributed by atoms with Crippen molar-refractivity contribution in [2.75, 3.05) is 7.11 Å². The monoisotopic (exact) mass is 541 g/mol. The molecule has 0 radical (unpaired) electrons. The minimum Gasteiger partial charge on any atom is -0.497 e. The van der Waals surface area contributed by atoms with E-state index in [0.29, 0.717) is 32.6 Å². The lowest BCUT2D eigenvalue weighted by Gasteiger charge is -2.14. The number of pyridine rings is 1. The maximum absolute atomic E-state index is 13.9. The van der Waals surface area contributed by atoms with Crippen LogP contribution in [-0.4, -0.2) is 27.8 Å². The fraction of sp³-hybridized carbons (Fsp3) is 0.0357. The number of methoxy groups -OCH3 is 1. The molecular formula is C28H17Cl2N5O3. The Balaban J connectivity index is 1.86. The van der Waals surface area contributed by atoms with Crippen molar-refractivity contribution in [2.24, 2.45) is 5.10 Å². The molecule has 0 bridgehead atoms. The van der Waals surface area contributed by atoms with E-state index in [2.05, 4.69) is 10.2 Å². The second-order valence-electron chi connectivity index (χ2n) is 8.06. The highest BCUT2D eigenvalue weighted by Gasteiger charge is 2.20. The molecule has 2 heterocycles. The summed E-state index contributed by atoms with van der Waals surface area (Å²) in [6.45, 7) is 0. The number of nitrogens with zero attached hydrogens (tertiary/aromatic N) is 5. The lowest BCUT2D eigenvalue weighted by Crippen LogP contribution is -2.29. The molecule has 0 amide bonds. The molecule has 0 aliphatic carbocycles. The molecule has 3 aromatic carbocycles. The Morgan fingerprint density at radius 1 is 0.947 bits per heavy atom. The molecule has 0 aliphatic heterocycles. The first-order valence-corrected chi connectivity index (χ1v) is 12.0. The third-order valence-corrected chi connectivity index (χ3v) is 6.49. The molecule has 0 atom stereocenters. The van der Waals surface area contributed by atoms with Gasteiger partial charge in [-0.3, -0.25) is 9.59 Å². The molecule has 5 aromatic rings. The lowest BCUT2D eigenvalue weighted by molar-refractivity contribution is 0.414. The van der Waals surface area contributed by atoms with Crippen LogP contribution >= 0.6 is 23.2 Å². The Morgan fingerprint density at radius 2 is 1.68 bits per heavy atom. The van der Waals surface area contributed by atoms with Crippen LogP contribution in [-0.2, 0) is 0 Å². The molecule has 0 unspecified atom stereocenters. The van der Waals surface area contributed by atoms with Crippen molar-refractivity contribution in [2.45, 2.75) is 0 Å². The van der Waals surface area contributed by atoms with Crippen molar-refractivity contribution in [1.82, 2.24) is 14.5 Å². The first kappa shape index (κ1) is 25.0. The van der Waals surface area contributed by atoms with E-state index in [1.165, 1.54) is 19.4 Å². The fourth-order valence-electron chi connectivity index (χ4n) is 3.95. The summed E-state index contributed by atoms with van der Waals surface area (Å²) in [5, 5.41) is 19.6. The van der Waals surface area contributed by atoms with Crippen LogP contribution in [0.25, 0.3) is 27.8 Å². The normalized spacial score (nSPS) is 11.1. The van der Waals surface area contributed by atoms with Gasteiger partial charge in [0.1, 0.15) is 17.4 Å². The average molecular weight is 542 g/mol. The minimum absolute atomic E-state index is 0.0840. The number of hydrogen-bond acceptors (Lipinski definition) is 6. The smallest absolute Gasteiger partial charge is 0.299 e. The highest BCUT2D eigenvalue weighted by atomic mass is 35.5. The van der Waals surface area contributed by atoms with E-state index in [0.717, 1.165) is 9.36 Å². The van der Waals surface area contributed by atoms with Gasteiger partial charge in [-0.2, -0.15) is 24.8 Å². The summed E-state index contributed by atoms with van der Waals surface area (Å²) in [4.78, 5) is 27.2. The summed E-state index contributed by atoms with van der Waals surface area (Å²) in [5.41, 5.74) is -0.0594. The maximum Gasteiger partial charge on any atom is 0.299 e. The van der Waals surface area contributed by atoms with Gasteiger partial charge >= 0.3 is 0 Å². The molecule has 0 N–H and O–H groups in total. The SMILES string of the molecule is COc1cccc(-n2nc3c(=O)n(/N=C/c4ccccc4Cl)c(-c4ccccc4Cl)cc3c(C#N)c2=O)c1. The number of nitriles is 1. The highest BCUT2D eigenvalue weighted by Crippen LogP contribution is 2.29. The standard InChI is InChI=1S/C28H17Cl2N5O3/c1-38-19-9-6-8-18(13-19)34-27(36)22(15-31)21-14-25(20-10-3-5-12-24(20)30)35(28(37)26(21)33-34)32-16-17-7-2-4-11-23(17)29/h2-14,16H,1H3/b32-16+. The summed E-state index contributed by atoms with van der Waals surface area (Å²) < 4.78 is 7.37. The fourth-order valence-corrected chi connectivity index (χ4v) is 4.36. The van der Waals surface area contributed by atoms with Gasteiger partial charge in [-0.05, 0) is 30.3 Å². The second kappa shape index (κ2) is 10.3. The Kier molecular flexibility index (Phi) is 6.79. The second-order valence-corrected chi connectivity index (χ2v) is 8.87. The molecule has 2 aromatic heterocycles. The quantitative estimate of drug-likeness (QED) is 0.281. The Morgan fingerprint density at radius 3 is 2.39 bits per heavy atom. The molecular weight excluding hydrogens is 525 g/mol. The largest absolute Gasteiger partial charge is 0.497 e. The van der Waals surface area contributed by atoms with Gasteiger partial charge < -0.3 is 4.74 Å². The molecule has 0 saturated carbocycles. The van der Waals surface area contributed by atoms with Gasteiger partial charge in [0.25, 0.3) is 11.1 Å². The van der Waals surface area contributed by atoms with E-state index in [1.54, 1.807) is 72.8 Å². The molecule has 8 nitrogen and oxygen atoms in total. The van der Waals surface area contributed by atoms with Crippen molar-refractivity contribution < 1.29 is 4.74 Å². The predicted molar refractivity (Wildman–Crippen MR) is 148 cm³/mol. The zero-order valence-corrected chi connectivity index (χ0v) is 21.3. The van der Waals surface area contributed by atoms with E-state index >= 15 is 0 Å². The molecule has 5 rings (SSSR count). The number of aromatic nitrogens is 3. The molecule has 0 fully saturated rings. The van der Waals surface area contributed by atoms with Gasteiger partial charge in [-0.1, -0.05) is 65.7 Å². The molecule has 38 heavy (non-hydrogen) atoms. The molecule has 0 spiro atoms. The summed E-state index contributed by atoms with van der Waals surface area (Å²) >= 11 is 12.7. The lowest BCUT2D eigenvalue weighted by atomic mass is 10.1. The van der Waals surface area contributed by atoms with Crippen LogP contribution in [0.4, 0.5) is 0 Å². The Hall–Kier alpha value is -4.71. The van der Waals surface area contributed by atoms with Crippen LogP contribution in [0.3, 0.4) is 0 Å². The third-order valence-electron chi connectivity index (χ3n) is 5.81. The summed E-state index contributed by atoms with van der Waals surface area (Å²) in [7, 11) is 1.49. The minimum atomic E-state index is -0.685. The number of fused-ring (bicyclic) bond motifs is 1. The predicted octanol–water partition coefficient (Wildman–Crippen LogP) is 5.28. The van der Waals surface area contributed by atoms with E-state index in [1.807, 2.05) is 6.07 Å². The molecule has 0 aliphatic rings. The number of hydrogen-bond donors (Lipinski definition) is 0. The van der Waals surface area contributed by atoms with E-state index < -0.39 is 11.1 Å². The van der Waals surface area contributed by atoms with Crippen molar-refractivity contribution in [3.63, 3.8) is 0 Å².